The first kappa shape index (κ1) is 13.3. The Morgan fingerprint density at radius 2 is 1.94 bits per heavy atom. The molecule has 0 spiro atoms. The minimum atomic E-state index is 0.557. The minimum absolute atomic E-state index is 0.557. The molecule has 0 aliphatic carbocycles. The smallest absolute Gasteiger partial charge is 0.107 e. The van der Waals surface area contributed by atoms with E-state index in [4.69, 9.17) is 0 Å². The second-order valence-electron chi connectivity index (χ2n) is 4.67. The average molecular weight is 308 g/mol. The Balaban J connectivity index is 2.31. The Hall–Kier alpha value is -1.13. The van der Waals surface area contributed by atoms with Gasteiger partial charge in [0, 0.05) is 12.1 Å². The number of hydrogen-bond acceptors (Lipinski definition) is 2. The first-order valence-corrected chi connectivity index (χ1v) is 6.90. The molecule has 1 heterocycles. The maximum Gasteiger partial charge on any atom is 0.107 e. The summed E-state index contributed by atoms with van der Waals surface area (Å²) in [4.78, 5) is 0. The lowest BCUT2D eigenvalue weighted by molar-refractivity contribution is 0.781. The van der Waals surface area contributed by atoms with E-state index in [0.29, 0.717) is 5.92 Å². The van der Waals surface area contributed by atoms with Crippen LogP contribution >= 0.6 is 15.9 Å². The molecule has 0 unspecified atom stereocenters. The van der Waals surface area contributed by atoms with Crippen molar-refractivity contribution < 1.29 is 0 Å². The van der Waals surface area contributed by atoms with E-state index in [2.05, 4.69) is 69.6 Å². The second kappa shape index (κ2) is 5.67. The van der Waals surface area contributed by atoms with E-state index in [-0.39, 0.29) is 0 Å². The van der Waals surface area contributed by atoms with Gasteiger partial charge in [0.2, 0.25) is 0 Å². The highest BCUT2D eigenvalue weighted by Gasteiger charge is 2.11. The largest absolute Gasteiger partial charge is 0.314 e. The molecule has 0 aliphatic heterocycles. The average Bonchev–Trinajstić information content (AvgIpc) is 2.72. The van der Waals surface area contributed by atoms with Crippen molar-refractivity contribution in [1.82, 2.24) is 15.5 Å². The number of aromatic nitrogens is 2. The molecule has 1 aromatic heterocycles. The summed E-state index contributed by atoms with van der Waals surface area (Å²) in [6.07, 6.45) is 0. The van der Waals surface area contributed by atoms with Crippen LogP contribution in [0, 0.1) is 0 Å². The third kappa shape index (κ3) is 2.65. The summed E-state index contributed by atoms with van der Waals surface area (Å²) in [6.45, 7) is 5.17. The number of nitrogens with zero attached hydrogens (tertiary/aromatic N) is 1. The van der Waals surface area contributed by atoms with Gasteiger partial charge in [0.15, 0.2) is 0 Å². The molecule has 2 N–H and O–H groups in total. The third-order valence-electron chi connectivity index (χ3n) is 2.98. The molecule has 0 aliphatic rings. The second-order valence-corrected chi connectivity index (χ2v) is 5.46. The van der Waals surface area contributed by atoms with Crippen molar-refractivity contribution in [2.24, 2.45) is 0 Å². The summed E-state index contributed by atoms with van der Waals surface area (Å²) in [5.74, 6) is 0.557. The Bertz CT molecular complexity index is 514. The van der Waals surface area contributed by atoms with Gasteiger partial charge in [0.1, 0.15) is 5.69 Å². The van der Waals surface area contributed by atoms with E-state index in [1.807, 2.05) is 7.05 Å². The Kier molecular flexibility index (Phi) is 4.19. The monoisotopic (exact) mass is 307 g/mol. The number of hydrogen-bond donors (Lipinski definition) is 2. The molecule has 96 valence electrons. The highest BCUT2D eigenvalue weighted by atomic mass is 79.9. The Morgan fingerprint density at radius 3 is 2.50 bits per heavy atom. The van der Waals surface area contributed by atoms with E-state index in [1.165, 1.54) is 5.56 Å². The zero-order valence-corrected chi connectivity index (χ0v) is 12.5. The van der Waals surface area contributed by atoms with Gasteiger partial charge >= 0.3 is 0 Å². The van der Waals surface area contributed by atoms with Gasteiger partial charge in [-0.05, 0) is 34.5 Å². The van der Waals surface area contributed by atoms with E-state index in [9.17, 15) is 0 Å². The fraction of sp³-hybridized carbons (Fsp3) is 0.357. The molecule has 0 saturated heterocycles. The van der Waals surface area contributed by atoms with E-state index < -0.39 is 0 Å². The van der Waals surface area contributed by atoms with E-state index in [1.54, 1.807) is 0 Å². The molecular formula is C14H18BrN3. The lowest BCUT2D eigenvalue weighted by atomic mass is 10.0. The Morgan fingerprint density at radius 1 is 1.28 bits per heavy atom. The summed E-state index contributed by atoms with van der Waals surface area (Å²) in [5.41, 5.74) is 4.52. The molecule has 1 aromatic carbocycles. The summed E-state index contributed by atoms with van der Waals surface area (Å²) in [7, 11) is 1.92. The van der Waals surface area contributed by atoms with E-state index >= 15 is 0 Å². The van der Waals surface area contributed by atoms with Gasteiger partial charge in [-0.1, -0.05) is 38.1 Å². The molecule has 0 saturated carbocycles. The third-order valence-corrected chi connectivity index (χ3v) is 3.83. The molecule has 2 rings (SSSR count). The van der Waals surface area contributed by atoms with Crippen LogP contribution in [0.5, 0.6) is 0 Å². The van der Waals surface area contributed by atoms with Gasteiger partial charge in [-0.3, -0.25) is 5.10 Å². The van der Waals surface area contributed by atoms with Crippen LogP contribution in [0.15, 0.2) is 28.7 Å². The van der Waals surface area contributed by atoms with Crippen molar-refractivity contribution in [3.05, 3.63) is 40.0 Å². The normalized spacial score (nSPS) is 11.2. The summed E-state index contributed by atoms with van der Waals surface area (Å²) < 4.78 is 1.04. The maximum absolute atomic E-state index is 4.37. The summed E-state index contributed by atoms with van der Waals surface area (Å²) in [5, 5.41) is 10.5. The topological polar surface area (TPSA) is 40.7 Å². The lowest BCUT2D eigenvalue weighted by Crippen LogP contribution is -2.05. The lowest BCUT2D eigenvalue weighted by Gasteiger charge is -2.05. The molecular weight excluding hydrogens is 290 g/mol. The predicted octanol–water partition coefficient (Wildman–Crippen LogP) is 3.68. The van der Waals surface area contributed by atoms with E-state index in [0.717, 1.165) is 28.0 Å². The molecule has 0 bridgehead atoms. The van der Waals surface area contributed by atoms with Gasteiger partial charge < -0.3 is 5.32 Å². The quantitative estimate of drug-likeness (QED) is 0.904. The molecule has 4 heteroatoms. The number of H-pyrrole nitrogens is 1. The van der Waals surface area contributed by atoms with Crippen LogP contribution in [0.4, 0.5) is 0 Å². The van der Waals surface area contributed by atoms with Crippen LogP contribution in [-0.4, -0.2) is 17.2 Å². The van der Waals surface area contributed by atoms with Crippen LogP contribution in [0.2, 0.25) is 0 Å². The van der Waals surface area contributed by atoms with Gasteiger partial charge in [-0.2, -0.15) is 5.10 Å². The maximum atomic E-state index is 4.37. The molecule has 18 heavy (non-hydrogen) atoms. The zero-order chi connectivity index (χ0) is 13.1. The van der Waals surface area contributed by atoms with Crippen LogP contribution in [0.1, 0.15) is 31.0 Å². The highest BCUT2D eigenvalue weighted by molar-refractivity contribution is 9.10. The van der Waals surface area contributed by atoms with Gasteiger partial charge in [0.25, 0.3) is 0 Å². The van der Waals surface area contributed by atoms with Crippen LogP contribution in [0.25, 0.3) is 11.3 Å². The van der Waals surface area contributed by atoms with Crippen LogP contribution in [-0.2, 0) is 6.54 Å². The number of aromatic amines is 1. The Labute approximate surface area is 116 Å². The molecule has 3 nitrogen and oxygen atoms in total. The molecule has 0 fully saturated rings. The van der Waals surface area contributed by atoms with Gasteiger partial charge in [0.05, 0.1) is 10.2 Å². The number of rotatable bonds is 4. The molecule has 0 amide bonds. The number of benzene rings is 1. The van der Waals surface area contributed by atoms with Crippen LogP contribution in [0.3, 0.4) is 0 Å². The zero-order valence-electron chi connectivity index (χ0n) is 10.9. The van der Waals surface area contributed by atoms with Crippen molar-refractivity contribution in [3.63, 3.8) is 0 Å². The SMILES string of the molecule is CNCc1[nH]nc(-c2ccc(C(C)C)cc2)c1Br. The van der Waals surface area contributed by atoms with Gasteiger partial charge in [-0.15, -0.1) is 0 Å². The predicted molar refractivity (Wildman–Crippen MR) is 78.6 cm³/mol. The fourth-order valence-electron chi connectivity index (χ4n) is 1.88. The van der Waals surface area contributed by atoms with Crippen molar-refractivity contribution >= 4 is 15.9 Å². The number of nitrogens with one attached hydrogen (secondary N) is 2. The van der Waals surface area contributed by atoms with Crippen molar-refractivity contribution in [3.8, 4) is 11.3 Å². The molecule has 2 aromatic rings. The fourth-order valence-corrected chi connectivity index (χ4v) is 2.42. The minimum Gasteiger partial charge on any atom is -0.314 e. The molecule has 0 radical (unpaired) electrons. The first-order valence-electron chi connectivity index (χ1n) is 6.11. The number of halogens is 1. The van der Waals surface area contributed by atoms with Crippen molar-refractivity contribution in [2.75, 3.05) is 7.05 Å². The standard InChI is InChI=1S/C14H18BrN3/c1-9(2)10-4-6-11(7-5-10)14-13(15)12(8-16-3)17-18-14/h4-7,9,16H,8H2,1-3H3,(H,17,18). The van der Waals surface area contributed by atoms with Gasteiger partial charge in [-0.25, -0.2) is 0 Å². The highest BCUT2D eigenvalue weighted by Crippen LogP contribution is 2.29. The van der Waals surface area contributed by atoms with Crippen molar-refractivity contribution in [2.45, 2.75) is 26.3 Å². The van der Waals surface area contributed by atoms with Crippen LogP contribution < -0.4 is 5.32 Å². The molecule has 0 atom stereocenters. The van der Waals surface area contributed by atoms with Crippen molar-refractivity contribution in [1.29, 1.82) is 0 Å². The first-order chi connectivity index (χ1) is 8.63. The summed E-state index contributed by atoms with van der Waals surface area (Å²) >= 11 is 3.60. The summed E-state index contributed by atoms with van der Waals surface area (Å²) in [6, 6.07) is 8.58.